The van der Waals surface area contributed by atoms with Crippen molar-refractivity contribution in [2.24, 2.45) is 0 Å². The summed E-state index contributed by atoms with van der Waals surface area (Å²) in [6, 6.07) is 1.11. The standard InChI is InChI=1S/C15H14F3N3O3S2/c1-3-21-4-5-26(23,24)11-6-10(25-13(11)14(21)22)12-9(15(16,17)18)7-19-8(2)20-12/h6-7H,3-5H2,1-2H3. The SMILES string of the molecule is CCN1CCS(=O)(=O)c2cc(-c3nc(C)ncc3C(F)(F)F)sc2C1=O. The summed E-state index contributed by atoms with van der Waals surface area (Å²) >= 11 is 0.710. The Bertz CT molecular complexity index is 984. The molecule has 3 heterocycles. The van der Waals surface area contributed by atoms with Gasteiger partial charge in [0.05, 0.1) is 21.2 Å². The molecule has 11 heteroatoms. The van der Waals surface area contributed by atoms with Crippen molar-refractivity contribution in [3.8, 4) is 10.6 Å². The maximum absolute atomic E-state index is 13.3. The van der Waals surface area contributed by atoms with Gasteiger partial charge in [-0.2, -0.15) is 13.2 Å². The number of sulfone groups is 1. The van der Waals surface area contributed by atoms with Crippen LogP contribution in [-0.4, -0.2) is 48.0 Å². The van der Waals surface area contributed by atoms with Gasteiger partial charge in [0.2, 0.25) is 0 Å². The molecule has 0 unspecified atom stereocenters. The normalized spacial score (nSPS) is 17.1. The Morgan fingerprint density at radius 1 is 1.35 bits per heavy atom. The van der Waals surface area contributed by atoms with E-state index in [1.165, 1.54) is 11.8 Å². The van der Waals surface area contributed by atoms with E-state index in [9.17, 15) is 26.4 Å². The largest absolute Gasteiger partial charge is 0.420 e. The molecule has 0 spiro atoms. The van der Waals surface area contributed by atoms with Crippen molar-refractivity contribution < 1.29 is 26.4 Å². The lowest BCUT2D eigenvalue weighted by Crippen LogP contribution is -2.31. The summed E-state index contributed by atoms with van der Waals surface area (Å²) in [5.74, 6) is -0.662. The predicted octanol–water partition coefficient (Wildman–Crippen LogP) is 2.78. The van der Waals surface area contributed by atoms with E-state index in [2.05, 4.69) is 9.97 Å². The van der Waals surface area contributed by atoms with Crippen LogP contribution in [0.5, 0.6) is 0 Å². The number of nitrogens with zero attached hydrogens (tertiary/aromatic N) is 3. The molecule has 0 saturated heterocycles. The number of aryl methyl sites for hydroxylation is 1. The molecular weight excluding hydrogens is 391 g/mol. The van der Waals surface area contributed by atoms with Gasteiger partial charge in [-0.3, -0.25) is 4.79 Å². The van der Waals surface area contributed by atoms with Crippen molar-refractivity contribution in [1.29, 1.82) is 0 Å². The van der Waals surface area contributed by atoms with Crippen molar-refractivity contribution in [1.82, 2.24) is 14.9 Å². The Hall–Kier alpha value is -2.01. The van der Waals surface area contributed by atoms with Crippen molar-refractivity contribution >= 4 is 27.1 Å². The van der Waals surface area contributed by atoms with Crippen LogP contribution in [0.4, 0.5) is 13.2 Å². The molecule has 0 atom stereocenters. The molecule has 140 valence electrons. The zero-order valence-corrected chi connectivity index (χ0v) is 15.4. The number of alkyl halides is 3. The van der Waals surface area contributed by atoms with Gasteiger partial charge >= 0.3 is 6.18 Å². The van der Waals surface area contributed by atoms with E-state index in [1.54, 1.807) is 6.92 Å². The highest BCUT2D eigenvalue weighted by Gasteiger charge is 2.38. The Kier molecular flexibility index (Phi) is 4.55. The van der Waals surface area contributed by atoms with Crippen LogP contribution >= 0.6 is 11.3 Å². The van der Waals surface area contributed by atoms with Crippen molar-refractivity contribution in [3.05, 3.63) is 28.5 Å². The molecular formula is C15H14F3N3O3S2. The minimum absolute atomic E-state index is 0.0253. The molecule has 26 heavy (non-hydrogen) atoms. The molecule has 1 aliphatic rings. The Labute approximate surface area is 151 Å². The van der Waals surface area contributed by atoms with E-state index >= 15 is 0 Å². The number of aromatic nitrogens is 2. The Balaban J connectivity index is 2.25. The third kappa shape index (κ3) is 3.20. The van der Waals surface area contributed by atoms with Crippen LogP contribution in [0.2, 0.25) is 0 Å². The van der Waals surface area contributed by atoms with E-state index in [1.807, 2.05) is 0 Å². The number of rotatable bonds is 2. The fourth-order valence-electron chi connectivity index (χ4n) is 2.62. The number of amides is 1. The van der Waals surface area contributed by atoms with Crippen molar-refractivity contribution in [2.45, 2.75) is 24.9 Å². The molecule has 0 radical (unpaired) electrons. The monoisotopic (exact) mass is 405 g/mol. The average Bonchev–Trinajstić information content (AvgIpc) is 2.96. The summed E-state index contributed by atoms with van der Waals surface area (Å²) in [4.78, 5) is 21.0. The summed E-state index contributed by atoms with van der Waals surface area (Å²) in [6.07, 6.45) is -4.04. The predicted molar refractivity (Wildman–Crippen MR) is 88.7 cm³/mol. The molecule has 0 aliphatic carbocycles. The summed E-state index contributed by atoms with van der Waals surface area (Å²) in [5.41, 5.74) is -1.49. The van der Waals surface area contributed by atoms with Crippen molar-refractivity contribution in [3.63, 3.8) is 0 Å². The number of hydrogen-bond donors (Lipinski definition) is 0. The lowest BCUT2D eigenvalue weighted by molar-refractivity contribution is -0.137. The molecule has 3 rings (SSSR count). The first kappa shape index (κ1) is 18.8. The topological polar surface area (TPSA) is 80.2 Å². The maximum atomic E-state index is 13.3. The summed E-state index contributed by atoms with van der Waals surface area (Å²) in [7, 11) is -3.78. The number of fused-ring (bicyclic) bond motifs is 1. The molecule has 1 amide bonds. The third-order valence-electron chi connectivity index (χ3n) is 3.97. The number of hydrogen-bond acceptors (Lipinski definition) is 6. The van der Waals surface area contributed by atoms with Crippen LogP contribution in [-0.2, 0) is 16.0 Å². The minimum atomic E-state index is -4.71. The highest BCUT2D eigenvalue weighted by atomic mass is 32.2. The van der Waals surface area contributed by atoms with Crippen LogP contribution in [0.15, 0.2) is 17.2 Å². The maximum Gasteiger partial charge on any atom is 0.420 e. The summed E-state index contributed by atoms with van der Waals surface area (Å²) in [5, 5.41) is 0. The van der Waals surface area contributed by atoms with Gasteiger partial charge < -0.3 is 4.90 Å². The number of halogens is 3. The number of carbonyl (C=O) groups excluding carboxylic acids is 1. The highest BCUT2D eigenvalue weighted by Crippen LogP contribution is 2.41. The van der Waals surface area contributed by atoms with Gasteiger partial charge in [0.1, 0.15) is 16.3 Å². The smallest absolute Gasteiger partial charge is 0.337 e. The van der Waals surface area contributed by atoms with Gasteiger partial charge in [-0.05, 0) is 19.9 Å². The molecule has 0 saturated carbocycles. The quantitative estimate of drug-likeness (QED) is 0.768. The van der Waals surface area contributed by atoms with Gasteiger partial charge in [-0.25, -0.2) is 18.4 Å². The average molecular weight is 405 g/mol. The second kappa shape index (κ2) is 6.31. The van der Waals surface area contributed by atoms with E-state index in [0.717, 1.165) is 6.07 Å². The van der Waals surface area contributed by atoms with Gasteiger partial charge in [-0.15, -0.1) is 11.3 Å². The van der Waals surface area contributed by atoms with Crippen molar-refractivity contribution in [2.75, 3.05) is 18.8 Å². The van der Waals surface area contributed by atoms with Gasteiger partial charge in [-0.1, -0.05) is 0 Å². The zero-order chi connectivity index (χ0) is 19.3. The van der Waals surface area contributed by atoms with E-state index < -0.39 is 33.2 Å². The van der Waals surface area contributed by atoms with Gasteiger partial charge in [0.15, 0.2) is 9.84 Å². The first-order valence-corrected chi connectivity index (χ1v) is 10.1. The lowest BCUT2D eigenvalue weighted by Gasteiger charge is -2.17. The van der Waals surface area contributed by atoms with Crippen LogP contribution in [0.25, 0.3) is 10.6 Å². The molecule has 2 aromatic heterocycles. The fourth-order valence-corrected chi connectivity index (χ4v) is 5.58. The van der Waals surface area contributed by atoms with Gasteiger partial charge in [0.25, 0.3) is 5.91 Å². The van der Waals surface area contributed by atoms with Gasteiger partial charge in [0, 0.05) is 19.3 Å². The fraction of sp³-hybridized carbons (Fsp3) is 0.400. The molecule has 0 N–H and O–H groups in total. The van der Waals surface area contributed by atoms with Crippen LogP contribution in [0, 0.1) is 6.92 Å². The van der Waals surface area contributed by atoms with Crippen LogP contribution in [0.3, 0.4) is 0 Å². The lowest BCUT2D eigenvalue weighted by atomic mass is 10.2. The third-order valence-corrected chi connectivity index (χ3v) is 6.95. The summed E-state index contributed by atoms with van der Waals surface area (Å²) < 4.78 is 64.8. The Morgan fingerprint density at radius 2 is 2.04 bits per heavy atom. The first-order chi connectivity index (χ1) is 12.0. The van der Waals surface area contributed by atoms with E-state index in [0.29, 0.717) is 24.1 Å². The van der Waals surface area contributed by atoms with Crippen LogP contribution < -0.4 is 0 Å². The van der Waals surface area contributed by atoms with E-state index in [-0.39, 0.29) is 32.8 Å². The minimum Gasteiger partial charge on any atom is -0.337 e. The molecule has 2 aromatic rings. The molecule has 0 aromatic carbocycles. The number of carbonyl (C=O) groups is 1. The Morgan fingerprint density at radius 3 is 2.65 bits per heavy atom. The summed E-state index contributed by atoms with van der Waals surface area (Å²) in [6.45, 7) is 3.50. The first-order valence-electron chi connectivity index (χ1n) is 7.61. The second-order valence-electron chi connectivity index (χ2n) is 5.68. The second-order valence-corrected chi connectivity index (χ2v) is 8.81. The van der Waals surface area contributed by atoms with E-state index in [4.69, 9.17) is 0 Å². The number of thiophene rings is 1. The zero-order valence-electron chi connectivity index (χ0n) is 13.8. The van der Waals surface area contributed by atoms with Crippen LogP contribution in [0.1, 0.15) is 28.0 Å². The highest BCUT2D eigenvalue weighted by molar-refractivity contribution is 7.91. The molecule has 6 nitrogen and oxygen atoms in total. The molecule has 0 bridgehead atoms. The molecule has 1 aliphatic heterocycles. The molecule has 0 fully saturated rings.